The molecule has 1 amide bonds. The van der Waals surface area contributed by atoms with Gasteiger partial charge in [0, 0.05) is 19.0 Å². The van der Waals surface area contributed by atoms with Gasteiger partial charge in [0.15, 0.2) is 0 Å². The van der Waals surface area contributed by atoms with Crippen molar-refractivity contribution in [2.75, 3.05) is 6.54 Å². The number of aromatic amines is 1. The largest absolute Gasteiger partial charge is 0.353 e. The second kappa shape index (κ2) is 8.48. The second-order valence-corrected chi connectivity index (χ2v) is 6.75. The van der Waals surface area contributed by atoms with E-state index in [1.54, 1.807) is 6.08 Å². The SMILES string of the molecule is CC(C)c1ccc(/C=C/C(=O)NCCCc2nc3ccccc3[nH]2)cc1. The van der Waals surface area contributed by atoms with Crippen LogP contribution in [-0.2, 0) is 11.2 Å². The number of benzene rings is 2. The van der Waals surface area contributed by atoms with E-state index in [2.05, 4.69) is 41.3 Å². The van der Waals surface area contributed by atoms with Crippen molar-refractivity contribution >= 4 is 23.0 Å². The summed E-state index contributed by atoms with van der Waals surface area (Å²) in [6, 6.07) is 16.3. The van der Waals surface area contributed by atoms with E-state index in [4.69, 9.17) is 0 Å². The van der Waals surface area contributed by atoms with Crippen LogP contribution in [0.15, 0.2) is 54.6 Å². The van der Waals surface area contributed by atoms with Crippen molar-refractivity contribution in [3.8, 4) is 0 Å². The van der Waals surface area contributed by atoms with Gasteiger partial charge in [0.05, 0.1) is 11.0 Å². The van der Waals surface area contributed by atoms with Crippen LogP contribution in [0.3, 0.4) is 0 Å². The predicted molar refractivity (Wildman–Crippen MR) is 107 cm³/mol. The van der Waals surface area contributed by atoms with Crippen LogP contribution in [0, 0.1) is 0 Å². The highest BCUT2D eigenvalue weighted by Gasteiger charge is 2.02. The van der Waals surface area contributed by atoms with Crippen LogP contribution in [-0.4, -0.2) is 22.4 Å². The van der Waals surface area contributed by atoms with E-state index in [1.165, 1.54) is 5.56 Å². The molecule has 0 saturated carbocycles. The fourth-order valence-corrected chi connectivity index (χ4v) is 2.81. The summed E-state index contributed by atoms with van der Waals surface area (Å²) in [6.45, 7) is 4.97. The Morgan fingerprint density at radius 1 is 1.15 bits per heavy atom. The lowest BCUT2D eigenvalue weighted by molar-refractivity contribution is -0.116. The molecule has 1 heterocycles. The summed E-state index contributed by atoms with van der Waals surface area (Å²) in [7, 11) is 0. The van der Waals surface area contributed by atoms with Crippen LogP contribution in [0.4, 0.5) is 0 Å². The molecule has 0 aliphatic rings. The average molecular weight is 347 g/mol. The molecule has 0 saturated heterocycles. The smallest absolute Gasteiger partial charge is 0.243 e. The molecule has 1 aromatic heterocycles. The predicted octanol–water partition coefficient (Wildman–Crippen LogP) is 4.45. The molecule has 2 N–H and O–H groups in total. The Hall–Kier alpha value is -2.88. The summed E-state index contributed by atoms with van der Waals surface area (Å²) in [4.78, 5) is 19.8. The molecule has 0 bridgehead atoms. The number of nitrogens with zero attached hydrogens (tertiary/aromatic N) is 1. The molecule has 3 aromatic rings. The minimum Gasteiger partial charge on any atom is -0.353 e. The monoisotopic (exact) mass is 347 g/mol. The van der Waals surface area contributed by atoms with Gasteiger partial charge in [0.2, 0.25) is 5.91 Å². The van der Waals surface area contributed by atoms with Gasteiger partial charge in [-0.2, -0.15) is 0 Å². The van der Waals surface area contributed by atoms with Gasteiger partial charge in [-0.1, -0.05) is 50.2 Å². The van der Waals surface area contributed by atoms with Gasteiger partial charge in [0.1, 0.15) is 5.82 Å². The van der Waals surface area contributed by atoms with Crippen molar-refractivity contribution in [1.29, 1.82) is 0 Å². The quantitative estimate of drug-likeness (QED) is 0.490. The maximum atomic E-state index is 11.9. The molecular weight excluding hydrogens is 322 g/mol. The minimum absolute atomic E-state index is 0.0671. The Labute approximate surface area is 154 Å². The zero-order chi connectivity index (χ0) is 18.4. The molecule has 3 rings (SSSR count). The lowest BCUT2D eigenvalue weighted by atomic mass is 10.0. The minimum atomic E-state index is -0.0671. The normalized spacial score (nSPS) is 11.5. The number of H-pyrrole nitrogens is 1. The summed E-state index contributed by atoms with van der Waals surface area (Å²) in [5.41, 5.74) is 4.37. The Balaban J connectivity index is 1.42. The summed E-state index contributed by atoms with van der Waals surface area (Å²) in [5.74, 6) is 1.41. The third kappa shape index (κ3) is 4.82. The van der Waals surface area contributed by atoms with Crippen LogP contribution in [0.25, 0.3) is 17.1 Å². The third-order valence-electron chi connectivity index (χ3n) is 4.36. The summed E-state index contributed by atoms with van der Waals surface area (Å²) in [6.07, 6.45) is 5.10. The highest BCUT2D eigenvalue weighted by Crippen LogP contribution is 2.15. The molecule has 0 radical (unpaired) electrons. The molecule has 26 heavy (non-hydrogen) atoms. The maximum absolute atomic E-state index is 11.9. The number of hydrogen-bond donors (Lipinski definition) is 2. The van der Waals surface area contributed by atoms with Crippen LogP contribution < -0.4 is 5.32 Å². The number of hydrogen-bond acceptors (Lipinski definition) is 2. The lowest BCUT2D eigenvalue weighted by Gasteiger charge is -2.04. The molecule has 0 aliphatic carbocycles. The molecule has 0 aliphatic heterocycles. The first kappa shape index (κ1) is 17.9. The number of carbonyl (C=O) groups excluding carboxylic acids is 1. The number of aryl methyl sites for hydroxylation is 1. The first-order chi connectivity index (χ1) is 12.6. The highest BCUT2D eigenvalue weighted by molar-refractivity contribution is 5.91. The standard InChI is InChI=1S/C22H25N3O/c1-16(2)18-12-9-17(10-13-18)11-14-22(26)23-15-5-8-21-24-19-6-3-4-7-20(19)25-21/h3-4,6-7,9-14,16H,5,8,15H2,1-2H3,(H,23,26)(H,24,25)/b14-11+. The summed E-state index contributed by atoms with van der Waals surface area (Å²) >= 11 is 0. The van der Waals surface area contributed by atoms with E-state index in [1.807, 2.05) is 42.5 Å². The molecule has 4 heteroatoms. The van der Waals surface area contributed by atoms with Gasteiger partial charge in [-0.05, 0) is 41.7 Å². The van der Waals surface area contributed by atoms with Crippen molar-refractivity contribution in [2.24, 2.45) is 0 Å². The van der Waals surface area contributed by atoms with E-state index < -0.39 is 0 Å². The maximum Gasteiger partial charge on any atom is 0.243 e. The Kier molecular flexibility index (Phi) is 5.84. The average Bonchev–Trinajstić information content (AvgIpc) is 3.06. The van der Waals surface area contributed by atoms with Gasteiger partial charge < -0.3 is 10.3 Å². The number of para-hydroxylation sites is 2. The molecule has 4 nitrogen and oxygen atoms in total. The number of rotatable bonds is 7. The molecule has 0 atom stereocenters. The first-order valence-corrected chi connectivity index (χ1v) is 9.11. The van der Waals surface area contributed by atoms with Crippen molar-refractivity contribution in [3.63, 3.8) is 0 Å². The number of amides is 1. The van der Waals surface area contributed by atoms with Crippen molar-refractivity contribution in [1.82, 2.24) is 15.3 Å². The zero-order valence-electron chi connectivity index (χ0n) is 15.3. The third-order valence-corrected chi connectivity index (χ3v) is 4.36. The van der Waals surface area contributed by atoms with Crippen LogP contribution >= 0.6 is 0 Å². The van der Waals surface area contributed by atoms with Gasteiger partial charge >= 0.3 is 0 Å². The van der Waals surface area contributed by atoms with E-state index >= 15 is 0 Å². The summed E-state index contributed by atoms with van der Waals surface area (Å²) < 4.78 is 0. The molecule has 0 unspecified atom stereocenters. The van der Waals surface area contributed by atoms with E-state index in [0.29, 0.717) is 12.5 Å². The first-order valence-electron chi connectivity index (χ1n) is 9.11. The number of nitrogens with one attached hydrogen (secondary N) is 2. The Morgan fingerprint density at radius 3 is 2.65 bits per heavy atom. The lowest BCUT2D eigenvalue weighted by Crippen LogP contribution is -2.22. The Bertz CT molecular complexity index is 858. The van der Waals surface area contributed by atoms with E-state index in [0.717, 1.165) is 35.3 Å². The topological polar surface area (TPSA) is 57.8 Å². The van der Waals surface area contributed by atoms with Crippen molar-refractivity contribution in [2.45, 2.75) is 32.6 Å². The fraction of sp³-hybridized carbons (Fsp3) is 0.273. The Morgan fingerprint density at radius 2 is 1.92 bits per heavy atom. The number of fused-ring (bicyclic) bond motifs is 1. The van der Waals surface area contributed by atoms with Crippen LogP contribution in [0.2, 0.25) is 0 Å². The zero-order valence-corrected chi connectivity index (χ0v) is 15.3. The van der Waals surface area contributed by atoms with E-state index in [-0.39, 0.29) is 5.91 Å². The molecule has 0 spiro atoms. The number of carbonyl (C=O) groups is 1. The van der Waals surface area contributed by atoms with E-state index in [9.17, 15) is 4.79 Å². The van der Waals surface area contributed by atoms with Gasteiger partial charge in [-0.3, -0.25) is 4.79 Å². The molecule has 2 aromatic carbocycles. The van der Waals surface area contributed by atoms with Crippen molar-refractivity contribution < 1.29 is 4.79 Å². The van der Waals surface area contributed by atoms with Gasteiger partial charge in [-0.25, -0.2) is 4.98 Å². The number of aromatic nitrogens is 2. The molecular formula is C22H25N3O. The van der Waals surface area contributed by atoms with Gasteiger partial charge in [0.25, 0.3) is 0 Å². The van der Waals surface area contributed by atoms with Crippen LogP contribution in [0.5, 0.6) is 0 Å². The summed E-state index contributed by atoms with van der Waals surface area (Å²) in [5, 5.41) is 2.92. The second-order valence-electron chi connectivity index (χ2n) is 6.75. The fourth-order valence-electron chi connectivity index (χ4n) is 2.81. The van der Waals surface area contributed by atoms with Crippen LogP contribution in [0.1, 0.15) is 43.1 Å². The number of imidazole rings is 1. The molecule has 0 fully saturated rings. The van der Waals surface area contributed by atoms with Crippen molar-refractivity contribution in [3.05, 3.63) is 71.6 Å². The molecule has 134 valence electrons. The highest BCUT2D eigenvalue weighted by atomic mass is 16.1. The van der Waals surface area contributed by atoms with Gasteiger partial charge in [-0.15, -0.1) is 0 Å².